The lowest BCUT2D eigenvalue weighted by Crippen LogP contribution is -2.59. The first-order valence-electron chi connectivity index (χ1n) is 14.7. The zero-order valence-corrected chi connectivity index (χ0v) is 22.3. The summed E-state index contributed by atoms with van der Waals surface area (Å²) in [7, 11) is 2.40. The van der Waals surface area contributed by atoms with Crippen molar-refractivity contribution in [3.8, 4) is 0 Å². The second-order valence-corrected chi connectivity index (χ2v) is 12.7. The van der Waals surface area contributed by atoms with E-state index < -0.39 is 0 Å². The topological polar surface area (TPSA) is 88.6 Å². The van der Waals surface area contributed by atoms with E-state index >= 15 is 0 Å². The molecule has 3 N–H and O–H groups in total. The van der Waals surface area contributed by atoms with Crippen LogP contribution in [0.1, 0.15) is 107 Å². The van der Waals surface area contributed by atoms with Gasteiger partial charge in [0.05, 0.1) is 12.2 Å². The number of nitrogens with zero attached hydrogens (tertiary/aromatic N) is 1. The Morgan fingerprint density at radius 3 is 2.43 bits per heavy atom. The number of hydrogen-bond donors (Lipinski definition) is 2. The van der Waals surface area contributed by atoms with Gasteiger partial charge in [-0.1, -0.05) is 25.3 Å². The fourth-order valence-corrected chi connectivity index (χ4v) is 8.78. The highest BCUT2D eigenvalue weighted by Crippen LogP contribution is 2.59. The van der Waals surface area contributed by atoms with Gasteiger partial charge in [-0.2, -0.15) is 0 Å². The number of rotatable bonds is 10. The maximum atomic E-state index is 12.7. The quantitative estimate of drug-likeness (QED) is 0.314. The van der Waals surface area contributed by atoms with Gasteiger partial charge in [0, 0.05) is 29.0 Å². The van der Waals surface area contributed by atoms with Gasteiger partial charge in [0.25, 0.3) is 0 Å². The van der Waals surface area contributed by atoms with E-state index in [9.17, 15) is 9.59 Å². The van der Waals surface area contributed by atoms with Crippen LogP contribution >= 0.6 is 0 Å². The molecule has 4 bridgehead atoms. The minimum atomic E-state index is -0.329. The summed E-state index contributed by atoms with van der Waals surface area (Å²) < 4.78 is 5.91. The Morgan fingerprint density at radius 1 is 1.05 bits per heavy atom. The summed E-state index contributed by atoms with van der Waals surface area (Å²) in [4.78, 5) is 27.2. The molecule has 2 atom stereocenters. The summed E-state index contributed by atoms with van der Waals surface area (Å²) >= 11 is 0. The van der Waals surface area contributed by atoms with Gasteiger partial charge < -0.3 is 10.2 Å². The SMILES string of the molecule is CN(C(CCCCCCN)c1ccc2occ(C3CCC(=O)NC3=O)c2c1)C12CC3CC(CC(C3)C1)C2. The Kier molecular flexibility index (Phi) is 6.91. The van der Waals surface area contributed by atoms with Crippen molar-refractivity contribution in [2.24, 2.45) is 23.5 Å². The van der Waals surface area contributed by atoms with Gasteiger partial charge in [0.15, 0.2) is 0 Å². The van der Waals surface area contributed by atoms with Crippen LogP contribution in [0.2, 0.25) is 0 Å². The van der Waals surface area contributed by atoms with Crippen molar-refractivity contribution in [3.63, 3.8) is 0 Å². The van der Waals surface area contributed by atoms with E-state index in [0.717, 1.165) is 53.7 Å². The minimum absolute atomic E-state index is 0.179. The molecule has 1 aromatic carbocycles. The van der Waals surface area contributed by atoms with Crippen LogP contribution in [0.3, 0.4) is 0 Å². The number of piperidine rings is 1. The third-order valence-electron chi connectivity index (χ3n) is 10.3. The first-order chi connectivity index (χ1) is 18.0. The molecule has 6 heteroatoms. The smallest absolute Gasteiger partial charge is 0.234 e. The number of hydrogen-bond acceptors (Lipinski definition) is 5. The summed E-state index contributed by atoms with van der Waals surface area (Å²) in [5.74, 6) is 2.02. The lowest BCUT2D eigenvalue weighted by Gasteiger charge is -2.61. The van der Waals surface area contributed by atoms with E-state index in [1.807, 2.05) is 0 Å². The van der Waals surface area contributed by atoms with Crippen LogP contribution in [0.4, 0.5) is 0 Å². The molecule has 6 nitrogen and oxygen atoms in total. The number of amides is 2. The highest BCUT2D eigenvalue weighted by molar-refractivity contribution is 6.02. The number of benzene rings is 1. The molecule has 37 heavy (non-hydrogen) atoms. The summed E-state index contributed by atoms with van der Waals surface area (Å²) in [6, 6.07) is 6.99. The van der Waals surface area contributed by atoms with Crippen molar-refractivity contribution < 1.29 is 14.0 Å². The number of fused-ring (bicyclic) bond motifs is 1. The van der Waals surface area contributed by atoms with Gasteiger partial charge in [0.2, 0.25) is 11.8 Å². The van der Waals surface area contributed by atoms with Gasteiger partial charge in [-0.15, -0.1) is 0 Å². The van der Waals surface area contributed by atoms with Gasteiger partial charge in [-0.25, -0.2) is 0 Å². The molecule has 1 aliphatic heterocycles. The third kappa shape index (κ3) is 4.76. The standard InChI is InChI=1S/C31H43N3O3/c1-34(31-16-20-12-21(17-31)14-22(13-20)18-31)27(6-4-2-3-5-11-32)23-7-9-28-25(15-23)26(19-37-28)24-8-10-29(35)33-30(24)36/h7,9,15,19-22,24,27H,2-6,8,10-14,16-18,32H2,1H3,(H,33,35,36). The van der Waals surface area contributed by atoms with Crippen molar-refractivity contribution in [1.82, 2.24) is 10.2 Å². The van der Waals surface area contributed by atoms with Crippen LogP contribution in [0.25, 0.3) is 11.0 Å². The Balaban J connectivity index is 1.31. The number of carbonyl (C=O) groups excluding carboxylic acids is 2. The summed E-state index contributed by atoms with van der Waals surface area (Å²) in [6.07, 6.45) is 16.9. The zero-order chi connectivity index (χ0) is 25.6. The van der Waals surface area contributed by atoms with Crippen molar-refractivity contribution in [2.45, 2.75) is 101 Å². The number of nitrogens with one attached hydrogen (secondary N) is 1. The van der Waals surface area contributed by atoms with E-state index in [2.05, 4.69) is 35.5 Å². The predicted molar refractivity (Wildman–Crippen MR) is 145 cm³/mol. The molecule has 2 heterocycles. The predicted octanol–water partition coefficient (Wildman–Crippen LogP) is 5.80. The average molecular weight is 506 g/mol. The van der Waals surface area contributed by atoms with Crippen LogP contribution < -0.4 is 11.1 Å². The summed E-state index contributed by atoms with van der Waals surface area (Å²) in [5, 5.41) is 3.55. The van der Waals surface area contributed by atoms with E-state index in [1.165, 1.54) is 63.4 Å². The second-order valence-electron chi connectivity index (χ2n) is 12.7. The molecule has 2 aromatic rings. The van der Waals surface area contributed by atoms with Crippen molar-refractivity contribution in [1.29, 1.82) is 0 Å². The van der Waals surface area contributed by atoms with Crippen LogP contribution in [0, 0.1) is 17.8 Å². The molecule has 7 rings (SSSR count). The van der Waals surface area contributed by atoms with Gasteiger partial charge in [-0.3, -0.25) is 19.8 Å². The minimum Gasteiger partial charge on any atom is -0.464 e. The molecule has 2 unspecified atom stereocenters. The Bertz CT molecular complexity index is 1120. The molecule has 4 saturated carbocycles. The van der Waals surface area contributed by atoms with Crippen LogP contribution in [0.15, 0.2) is 28.9 Å². The number of furan rings is 1. The highest BCUT2D eigenvalue weighted by atomic mass is 16.3. The summed E-state index contributed by atoms with van der Waals surface area (Å²) in [5.41, 5.74) is 9.15. The van der Waals surface area contributed by atoms with E-state index in [0.29, 0.717) is 24.4 Å². The van der Waals surface area contributed by atoms with Crippen molar-refractivity contribution >= 4 is 22.8 Å². The maximum Gasteiger partial charge on any atom is 0.234 e. The lowest BCUT2D eigenvalue weighted by molar-refractivity contribution is -0.134. The van der Waals surface area contributed by atoms with E-state index in [-0.39, 0.29) is 17.7 Å². The Labute approximate surface area is 220 Å². The third-order valence-corrected chi connectivity index (χ3v) is 10.3. The molecule has 5 aliphatic rings. The first-order valence-corrected chi connectivity index (χ1v) is 14.7. The van der Waals surface area contributed by atoms with Gasteiger partial charge in [0.1, 0.15) is 5.58 Å². The molecular formula is C31H43N3O3. The molecule has 1 aromatic heterocycles. The van der Waals surface area contributed by atoms with Crippen LogP contribution in [-0.4, -0.2) is 35.8 Å². The highest BCUT2D eigenvalue weighted by Gasteiger charge is 2.53. The fraction of sp³-hybridized carbons (Fsp3) is 0.677. The van der Waals surface area contributed by atoms with Gasteiger partial charge in [-0.05, 0) is 107 Å². The summed E-state index contributed by atoms with van der Waals surface area (Å²) in [6.45, 7) is 0.775. The van der Waals surface area contributed by atoms with Crippen molar-refractivity contribution in [2.75, 3.05) is 13.6 Å². The largest absolute Gasteiger partial charge is 0.464 e. The molecule has 1 saturated heterocycles. The molecule has 200 valence electrons. The Hall–Kier alpha value is -2.18. The van der Waals surface area contributed by atoms with Crippen LogP contribution in [-0.2, 0) is 9.59 Å². The average Bonchev–Trinajstić information content (AvgIpc) is 3.28. The lowest BCUT2D eigenvalue weighted by atomic mass is 9.52. The molecule has 0 spiro atoms. The number of carbonyl (C=O) groups is 2. The molecule has 0 radical (unpaired) electrons. The maximum absolute atomic E-state index is 12.7. The fourth-order valence-electron chi connectivity index (χ4n) is 8.78. The monoisotopic (exact) mass is 505 g/mol. The first kappa shape index (κ1) is 25.1. The normalized spacial score (nSPS) is 31.9. The van der Waals surface area contributed by atoms with Crippen molar-refractivity contribution in [3.05, 3.63) is 35.6 Å². The van der Waals surface area contributed by atoms with E-state index in [4.69, 9.17) is 10.2 Å². The second kappa shape index (κ2) is 10.2. The van der Waals surface area contributed by atoms with Crippen LogP contribution in [0.5, 0.6) is 0 Å². The number of unbranched alkanes of at least 4 members (excludes halogenated alkanes) is 3. The van der Waals surface area contributed by atoms with Gasteiger partial charge >= 0.3 is 0 Å². The molecule has 4 aliphatic carbocycles. The Morgan fingerprint density at radius 2 is 1.76 bits per heavy atom. The number of imide groups is 1. The zero-order valence-electron chi connectivity index (χ0n) is 22.3. The molecule has 5 fully saturated rings. The number of nitrogens with two attached hydrogens (primary N) is 1. The molecule has 2 amide bonds. The van der Waals surface area contributed by atoms with E-state index in [1.54, 1.807) is 6.26 Å². The molecular weight excluding hydrogens is 462 g/mol.